The van der Waals surface area contributed by atoms with E-state index < -0.39 is 0 Å². The second-order valence-electron chi connectivity index (χ2n) is 7.27. The molecular formula is C26H24OS. The average Bonchev–Trinajstić information content (AvgIpc) is 3.15. The molecule has 1 aromatic heterocycles. The van der Waals surface area contributed by atoms with E-state index in [-0.39, 0.29) is 6.61 Å². The third-order valence-corrected chi connectivity index (χ3v) is 6.62. The molecule has 4 aromatic rings. The summed E-state index contributed by atoms with van der Waals surface area (Å²) in [7, 11) is 0. The second kappa shape index (κ2) is 8.14. The summed E-state index contributed by atoms with van der Waals surface area (Å²) in [5, 5.41) is 10.2. The van der Waals surface area contributed by atoms with Crippen molar-refractivity contribution in [2.24, 2.45) is 0 Å². The first-order valence-corrected chi connectivity index (χ1v) is 10.5. The summed E-state index contributed by atoms with van der Waals surface area (Å²) in [6.07, 6.45) is 0. The Hall–Kier alpha value is -2.68. The van der Waals surface area contributed by atoms with Gasteiger partial charge in [0.05, 0.1) is 6.61 Å². The van der Waals surface area contributed by atoms with E-state index in [0.717, 1.165) is 11.1 Å². The summed E-state index contributed by atoms with van der Waals surface area (Å²) in [6.45, 7) is 4.46. The van der Waals surface area contributed by atoms with E-state index in [1.165, 1.54) is 32.0 Å². The smallest absolute Gasteiger partial charge is 0.0699 e. The second-order valence-corrected chi connectivity index (χ2v) is 8.32. The normalized spacial score (nSPS) is 11.1. The minimum Gasteiger partial charge on any atom is -0.392 e. The van der Waals surface area contributed by atoms with Crippen LogP contribution in [0.4, 0.5) is 0 Å². The predicted molar refractivity (Wildman–Crippen MR) is 121 cm³/mol. The zero-order valence-electron chi connectivity index (χ0n) is 16.2. The highest BCUT2D eigenvalue weighted by Crippen LogP contribution is 2.46. The number of hydrogen-bond acceptors (Lipinski definition) is 2. The molecule has 0 saturated heterocycles. The van der Waals surface area contributed by atoms with E-state index in [9.17, 15) is 5.11 Å². The van der Waals surface area contributed by atoms with Crippen LogP contribution in [0.15, 0.2) is 84.9 Å². The number of aliphatic hydroxyl groups is 1. The monoisotopic (exact) mass is 384 g/mol. The SMILES string of the molecule is CC(C)c1sc(-c2ccccc2)c(-c2ccc(-c3ccccc3)cc2)c1CO. The Kier molecular flexibility index (Phi) is 5.43. The molecule has 0 aliphatic heterocycles. The quantitative estimate of drug-likeness (QED) is 0.381. The van der Waals surface area contributed by atoms with E-state index in [1.54, 1.807) is 0 Å². The van der Waals surface area contributed by atoms with Gasteiger partial charge in [0.2, 0.25) is 0 Å². The van der Waals surface area contributed by atoms with Gasteiger partial charge in [0.15, 0.2) is 0 Å². The van der Waals surface area contributed by atoms with Crippen molar-refractivity contribution in [2.75, 3.05) is 0 Å². The van der Waals surface area contributed by atoms with Crippen LogP contribution >= 0.6 is 11.3 Å². The molecule has 0 spiro atoms. The van der Waals surface area contributed by atoms with Gasteiger partial charge in [-0.3, -0.25) is 0 Å². The van der Waals surface area contributed by atoms with Crippen molar-refractivity contribution in [3.63, 3.8) is 0 Å². The molecule has 140 valence electrons. The number of aliphatic hydroxyl groups excluding tert-OH is 1. The number of benzene rings is 3. The van der Waals surface area contributed by atoms with Gasteiger partial charge < -0.3 is 5.11 Å². The van der Waals surface area contributed by atoms with Crippen molar-refractivity contribution in [3.8, 4) is 32.7 Å². The van der Waals surface area contributed by atoms with Crippen molar-refractivity contribution in [2.45, 2.75) is 26.4 Å². The van der Waals surface area contributed by atoms with Crippen LogP contribution in [0.3, 0.4) is 0 Å². The Labute approximate surface area is 170 Å². The van der Waals surface area contributed by atoms with Gasteiger partial charge in [-0.2, -0.15) is 0 Å². The van der Waals surface area contributed by atoms with E-state index in [1.807, 2.05) is 23.5 Å². The van der Waals surface area contributed by atoms with Crippen molar-refractivity contribution >= 4 is 11.3 Å². The first kappa shape index (κ1) is 18.7. The summed E-state index contributed by atoms with van der Waals surface area (Å²) >= 11 is 1.81. The van der Waals surface area contributed by atoms with E-state index in [0.29, 0.717) is 5.92 Å². The molecule has 1 nitrogen and oxygen atoms in total. The fourth-order valence-electron chi connectivity index (χ4n) is 3.66. The van der Waals surface area contributed by atoms with Crippen LogP contribution in [0.2, 0.25) is 0 Å². The molecule has 0 radical (unpaired) electrons. The van der Waals surface area contributed by atoms with Gasteiger partial charge in [-0.15, -0.1) is 11.3 Å². The molecule has 3 aromatic carbocycles. The van der Waals surface area contributed by atoms with Crippen molar-refractivity contribution in [1.82, 2.24) is 0 Å². The molecule has 0 atom stereocenters. The molecule has 0 saturated carbocycles. The summed E-state index contributed by atoms with van der Waals surface area (Å²) in [5.74, 6) is 0.381. The Bertz CT molecular complexity index is 1050. The molecule has 0 aliphatic carbocycles. The largest absolute Gasteiger partial charge is 0.392 e. The van der Waals surface area contributed by atoms with Gasteiger partial charge in [-0.25, -0.2) is 0 Å². The van der Waals surface area contributed by atoms with Crippen LogP contribution in [-0.2, 0) is 6.61 Å². The number of thiophene rings is 1. The first-order valence-electron chi connectivity index (χ1n) is 9.66. The zero-order valence-corrected chi connectivity index (χ0v) is 17.0. The lowest BCUT2D eigenvalue weighted by Gasteiger charge is -2.10. The molecule has 1 heterocycles. The van der Waals surface area contributed by atoms with Crippen LogP contribution in [0.1, 0.15) is 30.2 Å². The highest BCUT2D eigenvalue weighted by Gasteiger charge is 2.21. The third-order valence-electron chi connectivity index (χ3n) is 5.04. The Morgan fingerprint density at radius 3 is 1.71 bits per heavy atom. The minimum atomic E-state index is 0.0621. The van der Waals surface area contributed by atoms with Gasteiger partial charge in [-0.05, 0) is 28.2 Å². The number of hydrogen-bond donors (Lipinski definition) is 1. The summed E-state index contributed by atoms with van der Waals surface area (Å²) in [6, 6.07) is 29.6. The third kappa shape index (κ3) is 3.54. The molecule has 0 amide bonds. The topological polar surface area (TPSA) is 20.2 Å². The molecule has 4 rings (SSSR count). The van der Waals surface area contributed by atoms with Gasteiger partial charge in [-0.1, -0.05) is 98.8 Å². The molecule has 0 aliphatic rings. The highest BCUT2D eigenvalue weighted by atomic mass is 32.1. The van der Waals surface area contributed by atoms with Crippen molar-refractivity contribution in [3.05, 3.63) is 95.4 Å². The Balaban J connectivity index is 1.86. The van der Waals surface area contributed by atoms with Crippen molar-refractivity contribution < 1.29 is 5.11 Å². The van der Waals surface area contributed by atoms with Gasteiger partial charge in [0.1, 0.15) is 0 Å². The van der Waals surface area contributed by atoms with Crippen LogP contribution < -0.4 is 0 Å². The van der Waals surface area contributed by atoms with Gasteiger partial charge in [0.25, 0.3) is 0 Å². The lowest BCUT2D eigenvalue weighted by atomic mass is 9.94. The van der Waals surface area contributed by atoms with Crippen LogP contribution in [0.5, 0.6) is 0 Å². The van der Waals surface area contributed by atoms with E-state index >= 15 is 0 Å². The lowest BCUT2D eigenvalue weighted by Crippen LogP contribution is -1.93. The summed E-state index contributed by atoms with van der Waals surface area (Å²) in [5.41, 5.74) is 7.01. The molecule has 0 fully saturated rings. The van der Waals surface area contributed by atoms with Crippen molar-refractivity contribution in [1.29, 1.82) is 0 Å². The van der Waals surface area contributed by atoms with Gasteiger partial charge >= 0.3 is 0 Å². The molecule has 2 heteroatoms. The summed E-state index contributed by atoms with van der Waals surface area (Å²) in [4.78, 5) is 2.50. The highest BCUT2D eigenvalue weighted by molar-refractivity contribution is 7.16. The van der Waals surface area contributed by atoms with Crippen LogP contribution in [-0.4, -0.2) is 5.11 Å². The van der Waals surface area contributed by atoms with E-state index in [2.05, 4.69) is 86.6 Å². The molecule has 28 heavy (non-hydrogen) atoms. The maximum absolute atomic E-state index is 10.2. The maximum atomic E-state index is 10.2. The van der Waals surface area contributed by atoms with Gasteiger partial charge in [0, 0.05) is 20.9 Å². The Morgan fingerprint density at radius 2 is 1.18 bits per heavy atom. The fraction of sp³-hybridized carbons (Fsp3) is 0.154. The van der Waals surface area contributed by atoms with Crippen LogP contribution in [0, 0.1) is 0 Å². The molecule has 0 bridgehead atoms. The zero-order chi connectivity index (χ0) is 19.5. The van der Waals surface area contributed by atoms with E-state index in [4.69, 9.17) is 0 Å². The average molecular weight is 385 g/mol. The summed E-state index contributed by atoms with van der Waals surface area (Å²) < 4.78 is 0. The maximum Gasteiger partial charge on any atom is 0.0699 e. The van der Waals surface area contributed by atoms with Crippen LogP contribution in [0.25, 0.3) is 32.7 Å². The lowest BCUT2D eigenvalue weighted by molar-refractivity contribution is 0.281. The minimum absolute atomic E-state index is 0.0621. The Morgan fingerprint density at radius 1 is 0.679 bits per heavy atom. The molecule has 1 N–H and O–H groups in total. The standard InChI is InChI=1S/C26H24OS/c1-18(2)25-23(17-27)24(26(28-25)22-11-7-4-8-12-22)21-15-13-20(14-16-21)19-9-5-3-6-10-19/h3-16,18,27H,17H2,1-2H3. The first-order chi connectivity index (χ1) is 13.7. The fourth-order valence-corrected chi connectivity index (χ4v) is 5.01. The predicted octanol–water partition coefficient (Wildman–Crippen LogP) is 7.36. The number of rotatable bonds is 5. The molecule has 0 unspecified atom stereocenters. The molecular weight excluding hydrogens is 360 g/mol.